The Labute approximate surface area is 422 Å². The van der Waals surface area contributed by atoms with Gasteiger partial charge in [0.25, 0.3) is 0 Å². The second-order valence-corrected chi connectivity index (χ2v) is 21.2. The van der Waals surface area contributed by atoms with E-state index in [2.05, 4.69) is 248 Å². The number of aromatic nitrogens is 4. The van der Waals surface area contributed by atoms with Crippen LogP contribution in [0.25, 0.3) is 88.6 Å². The lowest BCUT2D eigenvalue weighted by molar-refractivity contribution is 0.561. The highest BCUT2D eigenvalue weighted by molar-refractivity contribution is 6.12. The number of pyridine rings is 2. The van der Waals surface area contributed by atoms with Crippen molar-refractivity contribution in [1.82, 2.24) is 19.1 Å². The van der Waals surface area contributed by atoms with E-state index in [-0.39, 0.29) is 5.41 Å². The van der Waals surface area contributed by atoms with Gasteiger partial charge in [-0.2, -0.15) is 0 Å². The Hall–Kier alpha value is -9.12. The lowest BCUT2D eigenvalue weighted by Gasteiger charge is -2.47. The Kier molecular flexibility index (Phi) is 7.39. The number of fused-ring (bicyclic) bond motifs is 25. The van der Waals surface area contributed by atoms with E-state index < -0.39 is 10.8 Å². The minimum atomic E-state index is -0.725. The lowest BCUT2D eigenvalue weighted by atomic mass is 9.55. The van der Waals surface area contributed by atoms with Crippen LogP contribution < -0.4 is 0 Å². The molecule has 4 aliphatic rings. The minimum Gasteiger partial charge on any atom is -0.309 e. The van der Waals surface area contributed by atoms with Crippen molar-refractivity contribution in [3.8, 4) is 45.0 Å². The van der Waals surface area contributed by atoms with E-state index in [4.69, 9.17) is 9.97 Å². The summed E-state index contributed by atoms with van der Waals surface area (Å²) >= 11 is 0. The topological polar surface area (TPSA) is 35.6 Å². The van der Waals surface area contributed by atoms with Crippen molar-refractivity contribution in [2.24, 2.45) is 0 Å². The van der Waals surface area contributed by atoms with E-state index in [0.717, 1.165) is 39.4 Å². The summed E-state index contributed by atoms with van der Waals surface area (Å²) in [5.74, 6) is 0. The summed E-state index contributed by atoms with van der Waals surface area (Å²) in [7, 11) is 0. The number of hydrogen-bond acceptors (Lipinski definition) is 2. The summed E-state index contributed by atoms with van der Waals surface area (Å²) in [6.07, 6.45) is 4.02. The molecule has 4 nitrogen and oxygen atoms in total. The van der Waals surface area contributed by atoms with Crippen molar-refractivity contribution >= 4 is 43.6 Å². The van der Waals surface area contributed by atoms with Gasteiger partial charge < -0.3 is 9.13 Å². The molecule has 1 atom stereocenters. The first-order chi connectivity index (χ1) is 36.0. The molecular weight excluding hydrogens is 885 g/mol. The smallest absolute Gasteiger partial charge is 0.0939 e. The molecule has 9 aromatic carbocycles. The van der Waals surface area contributed by atoms with Crippen molar-refractivity contribution in [1.29, 1.82) is 0 Å². The third-order valence-corrected chi connectivity index (χ3v) is 17.7. The standard InChI is InChI=1S/C69H44N4/c1-67(2)54-27-12-13-28-55(54)69(59-38-49-45-20-5-11-26-53(45)68(57(49)39-58(59)67)51-24-9-3-18-43(51)44-19-4-10-25-52(44)68)56-29-17-35-70-65(56)66-60(69)37-42(40-71-66)73-63-32-16-8-23-48(63)50-36-41(33-34-64(50)73)72-61-30-14-6-21-46(61)47-22-7-15-31-62(47)72/h3-40H,1-2H3. The largest absolute Gasteiger partial charge is 0.309 e. The molecule has 0 bridgehead atoms. The van der Waals surface area contributed by atoms with Gasteiger partial charge in [-0.25, -0.2) is 0 Å². The maximum atomic E-state index is 5.56. The van der Waals surface area contributed by atoms with E-state index in [0.29, 0.717) is 0 Å². The Morgan fingerprint density at radius 3 is 1.42 bits per heavy atom. The first-order valence-electron chi connectivity index (χ1n) is 25.6. The molecule has 0 N–H and O–H groups in total. The van der Waals surface area contributed by atoms with E-state index in [9.17, 15) is 0 Å². The average molecular weight is 929 g/mol. The molecule has 4 aliphatic carbocycles. The van der Waals surface area contributed by atoms with Crippen LogP contribution in [0.2, 0.25) is 0 Å². The molecule has 0 fully saturated rings. The third kappa shape index (κ3) is 4.61. The first kappa shape index (κ1) is 39.6. The van der Waals surface area contributed by atoms with E-state index in [1.54, 1.807) is 0 Å². The fraction of sp³-hybridized carbons (Fsp3) is 0.0725. The average Bonchev–Trinajstić information content (AvgIpc) is 4.23. The van der Waals surface area contributed by atoms with Crippen LogP contribution in [-0.2, 0) is 16.2 Å². The predicted molar refractivity (Wildman–Crippen MR) is 296 cm³/mol. The molecule has 0 amide bonds. The second kappa shape index (κ2) is 13.6. The zero-order chi connectivity index (χ0) is 48.0. The highest BCUT2D eigenvalue weighted by Crippen LogP contribution is 2.67. The monoisotopic (exact) mass is 928 g/mol. The number of hydrogen-bond donors (Lipinski definition) is 0. The normalized spacial score (nSPS) is 16.6. The van der Waals surface area contributed by atoms with Crippen LogP contribution in [0.15, 0.2) is 231 Å². The van der Waals surface area contributed by atoms with Crippen LogP contribution in [0.4, 0.5) is 0 Å². The maximum absolute atomic E-state index is 5.56. The molecule has 73 heavy (non-hydrogen) atoms. The van der Waals surface area contributed by atoms with Crippen LogP contribution in [0, 0.1) is 0 Å². The third-order valence-electron chi connectivity index (χ3n) is 17.7. The van der Waals surface area contributed by atoms with Gasteiger partial charge in [0, 0.05) is 44.4 Å². The Morgan fingerprint density at radius 2 is 0.781 bits per heavy atom. The molecule has 17 rings (SSSR count). The molecule has 1 unspecified atom stereocenters. The molecule has 0 aliphatic heterocycles. The molecule has 0 radical (unpaired) electrons. The van der Waals surface area contributed by atoms with Gasteiger partial charge in [-0.15, -0.1) is 0 Å². The van der Waals surface area contributed by atoms with Crippen LogP contribution >= 0.6 is 0 Å². The fourth-order valence-electron chi connectivity index (χ4n) is 14.9. The summed E-state index contributed by atoms with van der Waals surface area (Å²) in [5.41, 5.74) is 25.4. The van der Waals surface area contributed by atoms with Gasteiger partial charge in [0.2, 0.25) is 0 Å². The van der Waals surface area contributed by atoms with Crippen LogP contribution in [0.5, 0.6) is 0 Å². The van der Waals surface area contributed by atoms with Crippen molar-refractivity contribution < 1.29 is 0 Å². The van der Waals surface area contributed by atoms with Gasteiger partial charge in [0.1, 0.15) is 0 Å². The van der Waals surface area contributed by atoms with Crippen molar-refractivity contribution in [2.75, 3.05) is 0 Å². The van der Waals surface area contributed by atoms with Gasteiger partial charge in [0.05, 0.1) is 56.2 Å². The molecule has 0 saturated heterocycles. The summed E-state index contributed by atoms with van der Waals surface area (Å²) in [6, 6.07) is 82.2. The Bertz CT molecular complexity index is 4520. The molecule has 13 aromatic rings. The van der Waals surface area contributed by atoms with Gasteiger partial charge in [-0.1, -0.05) is 178 Å². The van der Waals surface area contributed by atoms with E-state index in [1.165, 1.54) is 105 Å². The van der Waals surface area contributed by atoms with E-state index >= 15 is 0 Å². The first-order valence-corrected chi connectivity index (χ1v) is 25.6. The highest BCUT2D eigenvalue weighted by Gasteiger charge is 2.58. The molecule has 0 saturated carbocycles. The summed E-state index contributed by atoms with van der Waals surface area (Å²) in [4.78, 5) is 10.8. The predicted octanol–water partition coefficient (Wildman–Crippen LogP) is 16.0. The summed E-state index contributed by atoms with van der Waals surface area (Å²) in [6.45, 7) is 4.88. The van der Waals surface area contributed by atoms with Gasteiger partial charge >= 0.3 is 0 Å². The molecule has 4 heteroatoms. The maximum Gasteiger partial charge on any atom is 0.0939 e. The molecule has 340 valence electrons. The van der Waals surface area contributed by atoms with Crippen LogP contribution in [0.1, 0.15) is 69.5 Å². The zero-order valence-electron chi connectivity index (χ0n) is 40.2. The minimum absolute atomic E-state index is 0.350. The molecule has 2 spiro atoms. The number of benzene rings is 9. The molecule has 4 heterocycles. The fourth-order valence-corrected chi connectivity index (χ4v) is 14.9. The Balaban J connectivity index is 0.951. The van der Waals surface area contributed by atoms with Crippen LogP contribution in [0.3, 0.4) is 0 Å². The van der Waals surface area contributed by atoms with Gasteiger partial charge in [-0.3, -0.25) is 9.97 Å². The zero-order valence-corrected chi connectivity index (χ0v) is 40.2. The van der Waals surface area contributed by atoms with Crippen LogP contribution in [-0.4, -0.2) is 19.1 Å². The number of rotatable bonds is 2. The quantitative estimate of drug-likeness (QED) is 0.173. The number of para-hydroxylation sites is 3. The summed E-state index contributed by atoms with van der Waals surface area (Å²) < 4.78 is 4.86. The van der Waals surface area contributed by atoms with Gasteiger partial charge in [0.15, 0.2) is 0 Å². The highest BCUT2D eigenvalue weighted by atomic mass is 15.0. The van der Waals surface area contributed by atoms with Crippen molar-refractivity contribution in [2.45, 2.75) is 30.1 Å². The number of nitrogens with zero attached hydrogens (tertiary/aromatic N) is 4. The summed E-state index contributed by atoms with van der Waals surface area (Å²) in [5, 5.41) is 4.91. The lowest BCUT2D eigenvalue weighted by Crippen LogP contribution is -2.41. The van der Waals surface area contributed by atoms with Gasteiger partial charge in [-0.05, 0) is 127 Å². The van der Waals surface area contributed by atoms with Crippen molar-refractivity contribution in [3.63, 3.8) is 0 Å². The SMILES string of the molecule is CC1(C)c2ccccc2C2(c3cc4c(cc31)C1(c3ccccc3-c3ccccc31)c1ccccc1-4)c1cccnc1-c1ncc(-n3c4ccccc4c4cc(-n5c6ccccc6c6ccccc65)ccc43)cc12. The van der Waals surface area contributed by atoms with Crippen molar-refractivity contribution in [3.05, 3.63) is 286 Å². The molecular formula is C69H44N4. The molecule has 4 aromatic heterocycles. The van der Waals surface area contributed by atoms with E-state index in [1.807, 2.05) is 6.20 Å². The Morgan fingerprint density at radius 1 is 0.301 bits per heavy atom. The second-order valence-electron chi connectivity index (χ2n) is 21.2.